The summed E-state index contributed by atoms with van der Waals surface area (Å²) in [7, 11) is 0. The van der Waals surface area contributed by atoms with Crippen molar-refractivity contribution in [1.29, 1.82) is 0 Å². The highest BCUT2D eigenvalue weighted by Gasteiger charge is 2.31. The maximum atomic E-state index is 13.2. The molecule has 1 heterocycles. The molecule has 0 bridgehead atoms. The fourth-order valence-corrected chi connectivity index (χ4v) is 4.11. The van der Waals surface area contributed by atoms with Crippen molar-refractivity contribution in [1.82, 2.24) is 4.90 Å². The molecule has 9 nitrogen and oxygen atoms in total. The van der Waals surface area contributed by atoms with Crippen molar-refractivity contribution in [3.63, 3.8) is 0 Å². The van der Waals surface area contributed by atoms with Crippen LogP contribution in [-0.4, -0.2) is 46.6 Å². The Morgan fingerprint density at radius 3 is 2.56 bits per heavy atom. The molecule has 9 heteroatoms. The summed E-state index contributed by atoms with van der Waals surface area (Å²) in [5.74, 6) is 3.52. The molecule has 4 rings (SSSR count). The summed E-state index contributed by atoms with van der Waals surface area (Å²) >= 11 is 0. The Labute approximate surface area is 208 Å². The molecule has 0 saturated heterocycles. The third kappa shape index (κ3) is 6.06. The molecule has 3 aromatic carbocycles. The van der Waals surface area contributed by atoms with Gasteiger partial charge in [0.25, 0.3) is 5.91 Å². The van der Waals surface area contributed by atoms with Gasteiger partial charge in [-0.25, -0.2) is 0 Å². The van der Waals surface area contributed by atoms with Crippen LogP contribution in [0.25, 0.3) is 0 Å². The maximum absolute atomic E-state index is 13.2. The van der Waals surface area contributed by atoms with Crippen molar-refractivity contribution >= 4 is 35.4 Å². The Bertz CT molecular complexity index is 1280. The number of benzene rings is 3. The number of anilines is 2. The van der Waals surface area contributed by atoms with E-state index in [9.17, 15) is 19.5 Å². The van der Waals surface area contributed by atoms with Crippen LogP contribution in [0, 0.1) is 0 Å². The van der Waals surface area contributed by atoms with Gasteiger partial charge in [0, 0.05) is 30.0 Å². The van der Waals surface area contributed by atoms with E-state index in [1.807, 2.05) is 30.3 Å². The lowest BCUT2D eigenvalue weighted by atomic mass is 10.1. The average molecular weight is 486 g/mol. The van der Waals surface area contributed by atoms with Crippen LogP contribution in [0.5, 0.6) is 0 Å². The largest absolute Gasteiger partial charge is 0.481 e. The van der Waals surface area contributed by atoms with Crippen molar-refractivity contribution in [3.8, 4) is 0 Å². The van der Waals surface area contributed by atoms with Gasteiger partial charge in [-0.1, -0.05) is 42.5 Å². The molecule has 0 fully saturated rings. The van der Waals surface area contributed by atoms with Crippen LogP contribution in [-0.2, 0) is 22.6 Å². The zero-order valence-electron chi connectivity index (χ0n) is 19.6. The first-order valence-corrected chi connectivity index (χ1v) is 11.5. The molecular formula is C27H27N5O4. The van der Waals surface area contributed by atoms with Gasteiger partial charge in [-0.3, -0.25) is 14.4 Å². The van der Waals surface area contributed by atoms with Gasteiger partial charge >= 0.3 is 5.97 Å². The van der Waals surface area contributed by atoms with E-state index in [2.05, 4.69) is 15.7 Å². The zero-order chi connectivity index (χ0) is 25.5. The lowest BCUT2D eigenvalue weighted by Gasteiger charge is -2.24. The highest BCUT2D eigenvalue weighted by Crippen LogP contribution is 2.26. The van der Waals surface area contributed by atoms with Crippen molar-refractivity contribution in [2.24, 2.45) is 10.9 Å². The van der Waals surface area contributed by atoms with E-state index in [0.29, 0.717) is 29.9 Å². The number of hydrogen-bond acceptors (Lipinski definition) is 6. The average Bonchev–Trinajstić information content (AvgIpc) is 3.00. The Hall–Kier alpha value is -4.66. The SMILES string of the molecule is NN=Cc1ccc(NC(=O)c2ccc3c(c2)CN(CCc2ccccc2)C(=O)C(CC(=O)O)N3)cc1. The van der Waals surface area contributed by atoms with Gasteiger partial charge in [-0.15, -0.1) is 0 Å². The Kier molecular flexibility index (Phi) is 7.60. The van der Waals surface area contributed by atoms with Crippen LogP contribution in [0.15, 0.2) is 77.9 Å². The predicted molar refractivity (Wildman–Crippen MR) is 138 cm³/mol. The summed E-state index contributed by atoms with van der Waals surface area (Å²) in [5.41, 5.74) is 4.31. The number of hydrazone groups is 1. The van der Waals surface area contributed by atoms with E-state index in [-0.39, 0.29) is 24.8 Å². The third-order valence-corrected chi connectivity index (χ3v) is 5.95. The molecule has 0 saturated carbocycles. The molecular weight excluding hydrogens is 458 g/mol. The molecule has 184 valence electrons. The minimum Gasteiger partial charge on any atom is -0.481 e. The van der Waals surface area contributed by atoms with Gasteiger partial charge < -0.3 is 26.5 Å². The number of aliphatic carboxylic acids is 1. The van der Waals surface area contributed by atoms with Crippen molar-refractivity contribution in [3.05, 3.63) is 95.1 Å². The Balaban J connectivity index is 1.55. The first kappa shape index (κ1) is 24.5. The second kappa shape index (κ2) is 11.2. The fraction of sp³-hybridized carbons (Fsp3) is 0.185. The Morgan fingerprint density at radius 2 is 1.86 bits per heavy atom. The summed E-state index contributed by atoms with van der Waals surface area (Å²) in [6, 6.07) is 21.1. The van der Waals surface area contributed by atoms with Gasteiger partial charge in [0.15, 0.2) is 0 Å². The third-order valence-electron chi connectivity index (χ3n) is 5.95. The number of fused-ring (bicyclic) bond motifs is 1. The predicted octanol–water partition coefficient (Wildman–Crippen LogP) is 3.07. The first-order valence-electron chi connectivity index (χ1n) is 11.5. The number of rotatable bonds is 8. The van der Waals surface area contributed by atoms with E-state index < -0.39 is 12.0 Å². The highest BCUT2D eigenvalue weighted by atomic mass is 16.4. The first-order chi connectivity index (χ1) is 17.4. The number of carboxylic acids is 1. The van der Waals surface area contributed by atoms with E-state index in [1.54, 1.807) is 47.4 Å². The number of carboxylic acid groups (broad SMARTS) is 1. The van der Waals surface area contributed by atoms with Crippen LogP contribution < -0.4 is 16.5 Å². The molecule has 2 amide bonds. The van der Waals surface area contributed by atoms with E-state index in [1.165, 1.54) is 6.21 Å². The molecule has 0 aliphatic carbocycles. The topological polar surface area (TPSA) is 137 Å². The van der Waals surface area contributed by atoms with Gasteiger partial charge in [-0.2, -0.15) is 5.10 Å². The second-order valence-corrected chi connectivity index (χ2v) is 8.52. The standard InChI is InChI=1S/C27H27N5O4/c28-29-16-19-6-9-22(10-7-19)30-26(35)20-8-11-23-21(14-20)17-32(13-12-18-4-2-1-3-5-18)27(36)24(31-23)15-25(33)34/h1-11,14,16,24,31H,12-13,15,17,28H2,(H,30,35)(H,33,34). The summed E-state index contributed by atoms with van der Waals surface area (Å²) in [6.45, 7) is 0.688. The zero-order valence-corrected chi connectivity index (χ0v) is 19.6. The molecule has 1 aliphatic rings. The molecule has 0 aromatic heterocycles. The number of amides is 2. The molecule has 1 atom stereocenters. The molecule has 5 N–H and O–H groups in total. The number of nitrogens with zero attached hydrogens (tertiary/aromatic N) is 2. The van der Waals surface area contributed by atoms with Crippen molar-refractivity contribution in [2.45, 2.75) is 25.4 Å². The monoisotopic (exact) mass is 485 g/mol. The van der Waals surface area contributed by atoms with Crippen LogP contribution >= 0.6 is 0 Å². The molecule has 0 spiro atoms. The molecule has 3 aromatic rings. The summed E-state index contributed by atoms with van der Waals surface area (Å²) in [6.07, 6.45) is 1.80. The number of nitrogens with one attached hydrogen (secondary N) is 2. The van der Waals surface area contributed by atoms with E-state index in [4.69, 9.17) is 5.84 Å². The minimum atomic E-state index is -1.06. The summed E-state index contributed by atoms with van der Waals surface area (Å²) in [4.78, 5) is 39.2. The number of hydrogen-bond donors (Lipinski definition) is 4. The second-order valence-electron chi connectivity index (χ2n) is 8.52. The normalized spacial score (nSPS) is 15.2. The van der Waals surface area contributed by atoms with Gasteiger partial charge in [-0.05, 0) is 53.4 Å². The summed E-state index contributed by atoms with van der Waals surface area (Å²) < 4.78 is 0. The van der Waals surface area contributed by atoms with Gasteiger partial charge in [0.2, 0.25) is 5.91 Å². The van der Waals surface area contributed by atoms with E-state index in [0.717, 1.165) is 16.7 Å². The minimum absolute atomic E-state index is 0.262. The Morgan fingerprint density at radius 1 is 1.11 bits per heavy atom. The molecule has 0 radical (unpaired) electrons. The molecule has 36 heavy (non-hydrogen) atoms. The van der Waals surface area contributed by atoms with Crippen LogP contribution in [0.3, 0.4) is 0 Å². The maximum Gasteiger partial charge on any atom is 0.305 e. The van der Waals surface area contributed by atoms with Crippen LogP contribution in [0.1, 0.15) is 33.5 Å². The smallest absolute Gasteiger partial charge is 0.305 e. The van der Waals surface area contributed by atoms with Gasteiger partial charge in [0.1, 0.15) is 6.04 Å². The lowest BCUT2D eigenvalue weighted by Crippen LogP contribution is -2.42. The molecule has 1 aliphatic heterocycles. The fourth-order valence-electron chi connectivity index (χ4n) is 4.11. The molecule has 1 unspecified atom stereocenters. The lowest BCUT2D eigenvalue weighted by molar-refractivity contribution is -0.141. The van der Waals surface area contributed by atoms with Crippen LogP contribution in [0.2, 0.25) is 0 Å². The summed E-state index contributed by atoms with van der Waals surface area (Å²) in [5, 5.41) is 18.8. The van der Waals surface area contributed by atoms with Crippen LogP contribution in [0.4, 0.5) is 11.4 Å². The van der Waals surface area contributed by atoms with E-state index >= 15 is 0 Å². The quantitative estimate of drug-likeness (QED) is 0.220. The number of carbonyl (C=O) groups excluding carboxylic acids is 2. The van der Waals surface area contributed by atoms with Gasteiger partial charge in [0.05, 0.1) is 12.6 Å². The number of nitrogens with two attached hydrogens (primary N) is 1. The number of carbonyl (C=O) groups is 3. The van der Waals surface area contributed by atoms with Crippen molar-refractivity contribution < 1.29 is 19.5 Å². The highest BCUT2D eigenvalue weighted by molar-refractivity contribution is 6.05. The van der Waals surface area contributed by atoms with Crippen molar-refractivity contribution in [2.75, 3.05) is 17.2 Å².